The Labute approximate surface area is 115 Å². The lowest BCUT2D eigenvalue weighted by molar-refractivity contribution is -0.117. The molecule has 0 aliphatic heterocycles. The summed E-state index contributed by atoms with van der Waals surface area (Å²) in [6, 6.07) is 8.18. The molecule has 20 heavy (non-hydrogen) atoms. The number of nitrogens with one attached hydrogen (secondary N) is 1. The van der Waals surface area contributed by atoms with Crippen LogP contribution in [0.25, 0.3) is 0 Å². The first-order valence-corrected chi connectivity index (χ1v) is 5.88. The monoisotopic (exact) mass is 271 g/mol. The second kappa shape index (κ2) is 5.83. The Morgan fingerprint density at radius 2 is 2.00 bits per heavy atom. The third-order valence-electron chi connectivity index (χ3n) is 2.62. The van der Waals surface area contributed by atoms with Crippen molar-refractivity contribution in [3.8, 4) is 5.75 Å². The molecule has 2 rings (SSSR count). The van der Waals surface area contributed by atoms with Crippen molar-refractivity contribution in [2.75, 3.05) is 5.32 Å². The molecule has 0 aliphatic rings. The van der Waals surface area contributed by atoms with Gasteiger partial charge in [0.1, 0.15) is 5.75 Å². The summed E-state index contributed by atoms with van der Waals surface area (Å²) in [6.07, 6.45) is 2.61. The lowest BCUT2D eigenvalue weighted by atomic mass is 10.1. The van der Waals surface area contributed by atoms with E-state index in [1.54, 1.807) is 24.3 Å². The molecule has 102 valence electrons. The zero-order chi connectivity index (χ0) is 14.5. The molecular weight excluding hydrogens is 258 g/mol. The molecular formula is C14H13N3O3. The van der Waals surface area contributed by atoms with Crippen LogP contribution in [0.2, 0.25) is 0 Å². The van der Waals surface area contributed by atoms with Gasteiger partial charge in [-0.1, -0.05) is 18.2 Å². The molecule has 1 aromatic carbocycles. The Morgan fingerprint density at radius 1 is 1.25 bits per heavy atom. The summed E-state index contributed by atoms with van der Waals surface area (Å²) in [7, 11) is 0. The van der Waals surface area contributed by atoms with Gasteiger partial charge in [0.25, 0.3) is 5.91 Å². The van der Waals surface area contributed by atoms with Crippen molar-refractivity contribution in [1.29, 1.82) is 0 Å². The van der Waals surface area contributed by atoms with E-state index in [2.05, 4.69) is 10.3 Å². The van der Waals surface area contributed by atoms with Gasteiger partial charge in [0.05, 0.1) is 18.2 Å². The largest absolute Gasteiger partial charge is 0.506 e. The summed E-state index contributed by atoms with van der Waals surface area (Å²) in [4.78, 5) is 26.7. The van der Waals surface area contributed by atoms with E-state index in [4.69, 9.17) is 5.73 Å². The van der Waals surface area contributed by atoms with Gasteiger partial charge in [-0.2, -0.15) is 0 Å². The van der Waals surface area contributed by atoms with Crippen molar-refractivity contribution in [3.05, 3.63) is 53.9 Å². The molecule has 1 aromatic heterocycles. The van der Waals surface area contributed by atoms with Crippen LogP contribution in [0.15, 0.2) is 42.7 Å². The van der Waals surface area contributed by atoms with Gasteiger partial charge in [-0.05, 0) is 17.7 Å². The highest BCUT2D eigenvalue weighted by Crippen LogP contribution is 2.17. The average Bonchev–Trinajstić information content (AvgIpc) is 2.40. The van der Waals surface area contributed by atoms with Gasteiger partial charge in [0.15, 0.2) is 0 Å². The first-order valence-electron chi connectivity index (χ1n) is 5.88. The van der Waals surface area contributed by atoms with E-state index in [0.29, 0.717) is 11.3 Å². The summed E-state index contributed by atoms with van der Waals surface area (Å²) in [5.41, 5.74) is 6.51. The lowest BCUT2D eigenvalue weighted by Gasteiger charge is -2.09. The summed E-state index contributed by atoms with van der Waals surface area (Å²) in [5.74, 6) is -1.00. The van der Waals surface area contributed by atoms with E-state index in [1.807, 2.05) is 0 Å². The van der Waals surface area contributed by atoms with Crippen molar-refractivity contribution in [1.82, 2.24) is 4.98 Å². The van der Waals surface area contributed by atoms with Gasteiger partial charge in [0.2, 0.25) is 5.91 Å². The van der Waals surface area contributed by atoms with E-state index in [9.17, 15) is 14.7 Å². The number of anilines is 1. The van der Waals surface area contributed by atoms with Gasteiger partial charge in [-0.25, -0.2) is 0 Å². The van der Waals surface area contributed by atoms with Crippen molar-refractivity contribution in [2.24, 2.45) is 5.73 Å². The topological polar surface area (TPSA) is 105 Å². The van der Waals surface area contributed by atoms with Crippen LogP contribution in [0.5, 0.6) is 5.75 Å². The fourth-order valence-electron chi connectivity index (χ4n) is 1.73. The molecule has 0 bridgehead atoms. The molecule has 6 nitrogen and oxygen atoms in total. The SMILES string of the molecule is NC(=O)Cc1ccccc1NC(=O)c1cncc(O)c1. The molecule has 0 saturated heterocycles. The summed E-state index contributed by atoms with van der Waals surface area (Å²) in [5, 5.41) is 12.0. The van der Waals surface area contributed by atoms with Gasteiger partial charge >= 0.3 is 0 Å². The maximum absolute atomic E-state index is 12.0. The Bertz CT molecular complexity index is 656. The van der Waals surface area contributed by atoms with Crippen LogP contribution in [0.4, 0.5) is 5.69 Å². The van der Waals surface area contributed by atoms with Crippen LogP contribution in [-0.2, 0) is 11.2 Å². The number of nitrogens with two attached hydrogens (primary N) is 1. The minimum absolute atomic E-state index is 0.0365. The minimum Gasteiger partial charge on any atom is -0.506 e. The van der Waals surface area contributed by atoms with Crippen LogP contribution in [0.1, 0.15) is 15.9 Å². The second-order valence-corrected chi connectivity index (χ2v) is 4.19. The van der Waals surface area contributed by atoms with Gasteiger partial charge in [-0.15, -0.1) is 0 Å². The molecule has 0 saturated carbocycles. The molecule has 2 amide bonds. The predicted molar refractivity (Wildman–Crippen MR) is 73.2 cm³/mol. The van der Waals surface area contributed by atoms with Crippen LogP contribution in [-0.4, -0.2) is 21.9 Å². The smallest absolute Gasteiger partial charge is 0.257 e. The number of primary amides is 1. The number of nitrogens with zero attached hydrogens (tertiary/aromatic N) is 1. The summed E-state index contributed by atoms with van der Waals surface area (Å²) < 4.78 is 0. The van der Waals surface area contributed by atoms with E-state index in [1.165, 1.54) is 18.5 Å². The number of hydrogen-bond donors (Lipinski definition) is 3. The molecule has 1 heterocycles. The highest BCUT2D eigenvalue weighted by atomic mass is 16.3. The van der Waals surface area contributed by atoms with Crippen LogP contribution >= 0.6 is 0 Å². The number of amides is 2. The Balaban J connectivity index is 2.21. The normalized spacial score (nSPS) is 10.0. The highest BCUT2D eigenvalue weighted by molar-refractivity contribution is 6.04. The van der Waals surface area contributed by atoms with Crippen molar-refractivity contribution in [3.63, 3.8) is 0 Å². The third kappa shape index (κ3) is 3.32. The standard InChI is InChI=1S/C14H13N3O3/c15-13(19)6-9-3-1-2-4-12(9)17-14(20)10-5-11(18)8-16-7-10/h1-5,7-8,18H,6H2,(H2,15,19)(H,17,20). The number of carbonyl (C=O) groups is 2. The van der Waals surface area contributed by atoms with E-state index < -0.39 is 11.8 Å². The fourth-order valence-corrected chi connectivity index (χ4v) is 1.73. The Hall–Kier alpha value is -2.89. The maximum atomic E-state index is 12.0. The van der Waals surface area contributed by atoms with Crippen LogP contribution < -0.4 is 11.1 Å². The molecule has 0 fully saturated rings. The lowest BCUT2D eigenvalue weighted by Crippen LogP contribution is -2.17. The quantitative estimate of drug-likeness (QED) is 0.773. The average molecular weight is 271 g/mol. The second-order valence-electron chi connectivity index (χ2n) is 4.19. The van der Waals surface area contributed by atoms with Gasteiger partial charge in [0, 0.05) is 11.9 Å². The number of para-hydroxylation sites is 1. The Morgan fingerprint density at radius 3 is 2.70 bits per heavy atom. The zero-order valence-electron chi connectivity index (χ0n) is 10.5. The fraction of sp³-hybridized carbons (Fsp3) is 0.0714. The van der Waals surface area contributed by atoms with Crippen LogP contribution in [0.3, 0.4) is 0 Å². The molecule has 2 aromatic rings. The van der Waals surface area contributed by atoms with Gasteiger partial charge in [-0.3, -0.25) is 14.6 Å². The molecule has 0 atom stereocenters. The number of carbonyl (C=O) groups excluding carboxylic acids is 2. The number of hydrogen-bond acceptors (Lipinski definition) is 4. The third-order valence-corrected chi connectivity index (χ3v) is 2.62. The predicted octanol–water partition coefficient (Wildman–Crippen LogP) is 1.07. The molecule has 0 radical (unpaired) electrons. The van der Waals surface area contributed by atoms with Gasteiger partial charge < -0.3 is 16.2 Å². The van der Waals surface area contributed by atoms with E-state index >= 15 is 0 Å². The molecule has 6 heteroatoms. The number of aromatic hydroxyl groups is 1. The number of benzene rings is 1. The first-order chi connectivity index (χ1) is 9.56. The van der Waals surface area contributed by atoms with Crippen LogP contribution in [0, 0.1) is 0 Å². The molecule has 4 N–H and O–H groups in total. The maximum Gasteiger partial charge on any atom is 0.257 e. The number of rotatable bonds is 4. The van der Waals surface area contributed by atoms with Crippen molar-refractivity contribution >= 4 is 17.5 Å². The Kier molecular flexibility index (Phi) is 3.95. The van der Waals surface area contributed by atoms with E-state index in [0.717, 1.165) is 0 Å². The van der Waals surface area contributed by atoms with Crippen molar-refractivity contribution in [2.45, 2.75) is 6.42 Å². The number of aromatic nitrogens is 1. The molecule has 0 spiro atoms. The number of pyridine rings is 1. The summed E-state index contributed by atoms with van der Waals surface area (Å²) >= 11 is 0. The highest BCUT2D eigenvalue weighted by Gasteiger charge is 2.11. The molecule has 0 unspecified atom stereocenters. The van der Waals surface area contributed by atoms with Crippen molar-refractivity contribution < 1.29 is 14.7 Å². The minimum atomic E-state index is -0.481. The van der Waals surface area contributed by atoms with E-state index in [-0.39, 0.29) is 17.7 Å². The molecule has 0 aliphatic carbocycles. The zero-order valence-corrected chi connectivity index (χ0v) is 10.5. The first kappa shape index (κ1) is 13.5. The summed E-state index contributed by atoms with van der Waals surface area (Å²) in [6.45, 7) is 0.